The highest BCUT2D eigenvalue weighted by atomic mass is 35.5. The quantitative estimate of drug-likeness (QED) is 0.726. The molecule has 2 aromatic carbocycles. The zero-order valence-corrected chi connectivity index (χ0v) is 16.8. The highest BCUT2D eigenvalue weighted by molar-refractivity contribution is 6.30. The van der Waals surface area contributed by atoms with E-state index < -0.39 is 0 Å². The standard InChI is InChI=1S/C22H27ClN2O2/c1-24(16-19-14-20(23)9-10-21(19)27-2)15-17-7-6-8-18(13-17)22(26)25-11-4-3-5-12-25/h6-10,13-14H,3-5,11-12,15-16H2,1-2H3. The van der Waals surface area contributed by atoms with Gasteiger partial charge >= 0.3 is 0 Å². The van der Waals surface area contributed by atoms with E-state index in [1.807, 2.05) is 41.3 Å². The van der Waals surface area contributed by atoms with Crippen molar-refractivity contribution in [2.75, 3.05) is 27.2 Å². The summed E-state index contributed by atoms with van der Waals surface area (Å²) >= 11 is 6.13. The molecule has 0 bridgehead atoms. The summed E-state index contributed by atoms with van der Waals surface area (Å²) in [7, 11) is 3.72. The van der Waals surface area contributed by atoms with Crippen LogP contribution < -0.4 is 4.74 Å². The number of carbonyl (C=O) groups excluding carboxylic acids is 1. The summed E-state index contributed by atoms with van der Waals surface area (Å²) in [4.78, 5) is 16.9. The van der Waals surface area contributed by atoms with E-state index >= 15 is 0 Å². The van der Waals surface area contributed by atoms with Crippen LogP contribution in [0.4, 0.5) is 0 Å². The molecule has 0 saturated carbocycles. The smallest absolute Gasteiger partial charge is 0.253 e. The second kappa shape index (κ2) is 9.25. The van der Waals surface area contributed by atoms with E-state index in [4.69, 9.17) is 16.3 Å². The molecule has 3 rings (SSSR count). The molecule has 2 aromatic rings. The van der Waals surface area contributed by atoms with Crippen molar-refractivity contribution in [1.29, 1.82) is 0 Å². The Kier molecular flexibility index (Phi) is 6.75. The Balaban J connectivity index is 1.67. The van der Waals surface area contributed by atoms with Crippen LogP contribution in [0.1, 0.15) is 40.7 Å². The molecule has 144 valence electrons. The predicted molar refractivity (Wildman–Crippen MR) is 109 cm³/mol. The lowest BCUT2D eigenvalue weighted by molar-refractivity contribution is 0.0724. The predicted octanol–water partition coefficient (Wildman–Crippen LogP) is 4.61. The van der Waals surface area contributed by atoms with Crippen molar-refractivity contribution in [2.45, 2.75) is 32.4 Å². The van der Waals surface area contributed by atoms with Crippen molar-refractivity contribution >= 4 is 17.5 Å². The molecule has 0 aromatic heterocycles. The van der Waals surface area contributed by atoms with E-state index in [2.05, 4.69) is 18.0 Å². The number of hydrogen-bond donors (Lipinski definition) is 0. The van der Waals surface area contributed by atoms with Crippen LogP contribution in [-0.2, 0) is 13.1 Å². The number of rotatable bonds is 6. The topological polar surface area (TPSA) is 32.8 Å². The Morgan fingerprint density at radius 1 is 1.11 bits per heavy atom. The van der Waals surface area contributed by atoms with Crippen LogP contribution in [0.15, 0.2) is 42.5 Å². The second-order valence-electron chi connectivity index (χ2n) is 7.18. The van der Waals surface area contributed by atoms with Gasteiger partial charge in [-0.1, -0.05) is 23.7 Å². The van der Waals surface area contributed by atoms with Gasteiger partial charge in [-0.15, -0.1) is 0 Å². The third kappa shape index (κ3) is 5.24. The Hall–Kier alpha value is -2.04. The van der Waals surface area contributed by atoms with Gasteiger partial charge < -0.3 is 9.64 Å². The van der Waals surface area contributed by atoms with Gasteiger partial charge in [0.05, 0.1) is 7.11 Å². The molecule has 0 radical (unpaired) electrons. The second-order valence-corrected chi connectivity index (χ2v) is 7.62. The fourth-order valence-electron chi connectivity index (χ4n) is 3.61. The molecule has 0 spiro atoms. The van der Waals surface area contributed by atoms with Gasteiger partial charge in [-0.05, 0) is 62.2 Å². The third-order valence-electron chi connectivity index (χ3n) is 4.95. The minimum Gasteiger partial charge on any atom is -0.496 e. The lowest BCUT2D eigenvalue weighted by Crippen LogP contribution is -2.35. The summed E-state index contributed by atoms with van der Waals surface area (Å²) in [6, 6.07) is 13.6. The molecule has 1 saturated heterocycles. The number of nitrogens with zero attached hydrogens (tertiary/aromatic N) is 2. The first-order chi connectivity index (χ1) is 13.1. The van der Waals surface area contributed by atoms with Gasteiger partial charge in [-0.2, -0.15) is 0 Å². The van der Waals surface area contributed by atoms with Crippen LogP contribution in [-0.4, -0.2) is 43.0 Å². The van der Waals surface area contributed by atoms with E-state index in [0.29, 0.717) is 11.6 Å². The van der Waals surface area contributed by atoms with Crippen molar-refractivity contribution in [3.63, 3.8) is 0 Å². The molecule has 0 N–H and O–H groups in total. The number of piperidine rings is 1. The van der Waals surface area contributed by atoms with Crippen LogP contribution in [0.2, 0.25) is 5.02 Å². The molecule has 1 amide bonds. The molecule has 1 aliphatic rings. The molecule has 27 heavy (non-hydrogen) atoms. The molecule has 4 nitrogen and oxygen atoms in total. The SMILES string of the molecule is COc1ccc(Cl)cc1CN(C)Cc1cccc(C(=O)N2CCCCC2)c1. The lowest BCUT2D eigenvalue weighted by atomic mass is 10.1. The van der Waals surface area contributed by atoms with Crippen molar-refractivity contribution in [2.24, 2.45) is 0 Å². The lowest BCUT2D eigenvalue weighted by Gasteiger charge is -2.27. The molecular weight excluding hydrogens is 360 g/mol. The molecule has 1 aliphatic heterocycles. The van der Waals surface area contributed by atoms with E-state index in [9.17, 15) is 4.79 Å². The number of likely N-dealkylation sites (tertiary alicyclic amines) is 1. The number of hydrogen-bond acceptors (Lipinski definition) is 3. The molecule has 0 aliphatic carbocycles. The summed E-state index contributed by atoms with van der Waals surface area (Å²) < 4.78 is 5.43. The number of benzene rings is 2. The maximum atomic E-state index is 12.7. The van der Waals surface area contributed by atoms with Gasteiger partial charge in [0.2, 0.25) is 0 Å². The van der Waals surface area contributed by atoms with E-state index in [-0.39, 0.29) is 5.91 Å². The maximum absolute atomic E-state index is 12.7. The van der Waals surface area contributed by atoms with Gasteiger partial charge in [0.15, 0.2) is 0 Å². The molecule has 1 heterocycles. The molecule has 5 heteroatoms. The molecule has 1 fully saturated rings. The van der Waals surface area contributed by atoms with Crippen molar-refractivity contribution in [3.8, 4) is 5.75 Å². The number of amides is 1. The third-order valence-corrected chi connectivity index (χ3v) is 5.19. The monoisotopic (exact) mass is 386 g/mol. The number of carbonyl (C=O) groups is 1. The highest BCUT2D eigenvalue weighted by Crippen LogP contribution is 2.24. The van der Waals surface area contributed by atoms with Crippen LogP contribution >= 0.6 is 11.6 Å². The van der Waals surface area contributed by atoms with Gasteiger partial charge in [-0.25, -0.2) is 0 Å². The van der Waals surface area contributed by atoms with E-state index in [1.165, 1.54) is 6.42 Å². The minimum absolute atomic E-state index is 0.149. The van der Waals surface area contributed by atoms with Crippen molar-refractivity contribution < 1.29 is 9.53 Å². The summed E-state index contributed by atoms with van der Waals surface area (Å²) in [5, 5.41) is 0.702. The Morgan fingerprint density at radius 2 is 1.89 bits per heavy atom. The first-order valence-electron chi connectivity index (χ1n) is 9.46. The highest BCUT2D eigenvalue weighted by Gasteiger charge is 2.18. The number of halogens is 1. The largest absolute Gasteiger partial charge is 0.496 e. The zero-order chi connectivity index (χ0) is 19.2. The molecule has 0 atom stereocenters. The van der Waals surface area contributed by atoms with Crippen LogP contribution in [0.5, 0.6) is 5.75 Å². The average molecular weight is 387 g/mol. The van der Waals surface area contributed by atoms with Gasteiger partial charge in [0, 0.05) is 42.3 Å². The van der Waals surface area contributed by atoms with Gasteiger partial charge in [-0.3, -0.25) is 9.69 Å². The van der Waals surface area contributed by atoms with Crippen molar-refractivity contribution in [1.82, 2.24) is 9.80 Å². The first-order valence-corrected chi connectivity index (χ1v) is 9.84. The Bertz CT molecular complexity index is 788. The van der Waals surface area contributed by atoms with E-state index in [0.717, 1.165) is 54.9 Å². The molecular formula is C22H27ClN2O2. The fourth-order valence-corrected chi connectivity index (χ4v) is 3.81. The fraction of sp³-hybridized carbons (Fsp3) is 0.409. The van der Waals surface area contributed by atoms with Gasteiger partial charge in [0.25, 0.3) is 5.91 Å². The first kappa shape index (κ1) is 19.7. The number of ether oxygens (including phenoxy) is 1. The zero-order valence-electron chi connectivity index (χ0n) is 16.1. The maximum Gasteiger partial charge on any atom is 0.253 e. The molecule has 0 unspecified atom stereocenters. The normalized spacial score (nSPS) is 14.4. The van der Waals surface area contributed by atoms with Crippen LogP contribution in [0, 0.1) is 0 Å². The number of methoxy groups -OCH3 is 1. The van der Waals surface area contributed by atoms with E-state index in [1.54, 1.807) is 7.11 Å². The van der Waals surface area contributed by atoms with Crippen molar-refractivity contribution in [3.05, 3.63) is 64.2 Å². The van der Waals surface area contributed by atoms with Gasteiger partial charge in [0.1, 0.15) is 5.75 Å². The summed E-state index contributed by atoms with van der Waals surface area (Å²) in [6.07, 6.45) is 3.44. The Labute approximate surface area is 166 Å². The average Bonchev–Trinajstić information content (AvgIpc) is 2.68. The Morgan fingerprint density at radius 3 is 2.63 bits per heavy atom. The summed E-state index contributed by atoms with van der Waals surface area (Å²) in [5.74, 6) is 0.982. The van der Waals surface area contributed by atoms with Crippen LogP contribution in [0.25, 0.3) is 0 Å². The summed E-state index contributed by atoms with van der Waals surface area (Å²) in [6.45, 7) is 3.21. The summed E-state index contributed by atoms with van der Waals surface area (Å²) in [5.41, 5.74) is 2.96. The minimum atomic E-state index is 0.149. The van der Waals surface area contributed by atoms with Crippen LogP contribution in [0.3, 0.4) is 0 Å².